The molecule has 19 heavy (non-hydrogen) atoms. The number of carbonyl (C=O) groups excluding carboxylic acids is 1. The van der Waals surface area contributed by atoms with Gasteiger partial charge < -0.3 is 10.6 Å². The minimum Gasteiger partial charge on any atom is -0.338 e. The molecule has 3 nitrogen and oxygen atoms in total. The van der Waals surface area contributed by atoms with Gasteiger partial charge in [0.2, 0.25) is 0 Å². The predicted molar refractivity (Wildman–Crippen MR) is 73.4 cm³/mol. The Morgan fingerprint density at radius 2 is 2.26 bits per heavy atom. The van der Waals surface area contributed by atoms with E-state index in [0.29, 0.717) is 36.1 Å². The van der Waals surface area contributed by atoms with Gasteiger partial charge in [-0.3, -0.25) is 4.79 Å². The highest BCUT2D eigenvalue weighted by atomic mass is 19.1. The highest BCUT2D eigenvalue weighted by molar-refractivity contribution is 5.94. The molecule has 1 saturated heterocycles. The molecule has 4 heteroatoms. The first-order chi connectivity index (χ1) is 9.02. The molecule has 0 saturated carbocycles. The summed E-state index contributed by atoms with van der Waals surface area (Å²) in [5.74, 6) is 0.465. The van der Waals surface area contributed by atoms with Crippen LogP contribution in [0.3, 0.4) is 0 Å². The lowest BCUT2D eigenvalue weighted by Gasteiger charge is -2.36. The van der Waals surface area contributed by atoms with Gasteiger partial charge in [0.05, 0.1) is 0 Å². The molecule has 1 aromatic rings. The summed E-state index contributed by atoms with van der Waals surface area (Å²) in [7, 11) is 0. The SMILES string of the molecule is Cc1ccc(C(=O)N2CCC(C)C(CN)C2)cc1F. The maximum Gasteiger partial charge on any atom is 0.253 e. The van der Waals surface area contributed by atoms with Gasteiger partial charge in [0, 0.05) is 18.7 Å². The number of hydrogen-bond acceptors (Lipinski definition) is 2. The van der Waals surface area contributed by atoms with Crippen molar-refractivity contribution in [2.75, 3.05) is 19.6 Å². The number of hydrogen-bond donors (Lipinski definition) is 1. The Hall–Kier alpha value is -1.42. The summed E-state index contributed by atoms with van der Waals surface area (Å²) in [4.78, 5) is 14.1. The van der Waals surface area contributed by atoms with Crippen LogP contribution >= 0.6 is 0 Å². The number of nitrogens with zero attached hydrogens (tertiary/aromatic N) is 1. The van der Waals surface area contributed by atoms with E-state index in [1.54, 1.807) is 24.0 Å². The molecule has 2 unspecified atom stereocenters. The molecule has 0 radical (unpaired) electrons. The van der Waals surface area contributed by atoms with Crippen molar-refractivity contribution in [3.8, 4) is 0 Å². The third-order valence-corrected chi connectivity index (χ3v) is 4.12. The van der Waals surface area contributed by atoms with Crippen LogP contribution in [0.1, 0.15) is 29.3 Å². The second-order valence-electron chi connectivity index (χ2n) is 5.48. The van der Waals surface area contributed by atoms with Gasteiger partial charge in [0.1, 0.15) is 5.82 Å². The molecule has 1 amide bonds. The van der Waals surface area contributed by atoms with Crippen LogP contribution in [0.15, 0.2) is 18.2 Å². The van der Waals surface area contributed by atoms with E-state index in [9.17, 15) is 9.18 Å². The van der Waals surface area contributed by atoms with Crippen LogP contribution in [0.2, 0.25) is 0 Å². The summed E-state index contributed by atoms with van der Waals surface area (Å²) in [5.41, 5.74) is 6.72. The number of nitrogens with two attached hydrogens (primary N) is 1. The van der Waals surface area contributed by atoms with Gasteiger partial charge in [-0.2, -0.15) is 0 Å². The summed E-state index contributed by atoms with van der Waals surface area (Å²) in [6.07, 6.45) is 0.960. The summed E-state index contributed by atoms with van der Waals surface area (Å²) in [6.45, 7) is 5.85. The molecule has 0 bridgehead atoms. The van der Waals surface area contributed by atoms with Crippen LogP contribution < -0.4 is 5.73 Å². The Labute approximate surface area is 113 Å². The summed E-state index contributed by atoms with van der Waals surface area (Å²) in [5, 5.41) is 0. The number of carbonyl (C=O) groups is 1. The quantitative estimate of drug-likeness (QED) is 0.890. The molecule has 2 atom stereocenters. The first-order valence-corrected chi connectivity index (χ1v) is 6.78. The molecule has 0 aliphatic carbocycles. The lowest BCUT2D eigenvalue weighted by Crippen LogP contribution is -2.45. The minimum absolute atomic E-state index is 0.0933. The number of amides is 1. The molecule has 2 N–H and O–H groups in total. The van der Waals surface area contributed by atoms with Gasteiger partial charge in [0.15, 0.2) is 0 Å². The number of likely N-dealkylation sites (tertiary alicyclic amines) is 1. The fourth-order valence-corrected chi connectivity index (χ4v) is 2.55. The Morgan fingerprint density at radius 1 is 1.53 bits per heavy atom. The van der Waals surface area contributed by atoms with Crippen LogP contribution in [0.5, 0.6) is 0 Å². The van der Waals surface area contributed by atoms with E-state index in [0.717, 1.165) is 13.0 Å². The first-order valence-electron chi connectivity index (χ1n) is 6.78. The van der Waals surface area contributed by atoms with E-state index < -0.39 is 0 Å². The van der Waals surface area contributed by atoms with Gasteiger partial charge in [0.25, 0.3) is 5.91 Å². The predicted octanol–water partition coefficient (Wildman–Crippen LogP) is 2.19. The zero-order valence-corrected chi connectivity index (χ0v) is 11.5. The van der Waals surface area contributed by atoms with Crippen molar-refractivity contribution < 1.29 is 9.18 Å². The van der Waals surface area contributed by atoms with Crippen molar-refractivity contribution in [3.05, 3.63) is 35.1 Å². The summed E-state index contributed by atoms with van der Waals surface area (Å²) in [6, 6.07) is 4.67. The molecule has 1 heterocycles. The Morgan fingerprint density at radius 3 is 2.89 bits per heavy atom. The molecule has 0 spiro atoms. The van der Waals surface area contributed by atoms with E-state index in [2.05, 4.69) is 6.92 Å². The molecule has 2 rings (SSSR count). The molecule has 0 aromatic heterocycles. The maximum atomic E-state index is 13.5. The number of benzene rings is 1. The van der Waals surface area contributed by atoms with E-state index >= 15 is 0 Å². The standard InChI is InChI=1S/C15H21FN2O/c1-10-5-6-18(9-13(10)8-17)15(19)12-4-3-11(2)14(16)7-12/h3-4,7,10,13H,5-6,8-9,17H2,1-2H3. The van der Waals surface area contributed by atoms with Crippen LogP contribution in [0.4, 0.5) is 4.39 Å². The average molecular weight is 264 g/mol. The van der Waals surface area contributed by atoms with E-state index in [4.69, 9.17) is 5.73 Å². The van der Waals surface area contributed by atoms with Gasteiger partial charge >= 0.3 is 0 Å². The fraction of sp³-hybridized carbons (Fsp3) is 0.533. The largest absolute Gasteiger partial charge is 0.338 e. The number of aryl methyl sites for hydroxylation is 1. The first kappa shape index (κ1) is 14.0. The Bertz CT molecular complexity index is 475. The monoisotopic (exact) mass is 264 g/mol. The van der Waals surface area contributed by atoms with Crippen LogP contribution in [-0.4, -0.2) is 30.4 Å². The van der Waals surface area contributed by atoms with E-state index in [-0.39, 0.29) is 11.7 Å². The van der Waals surface area contributed by atoms with Crippen LogP contribution in [-0.2, 0) is 0 Å². The van der Waals surface area contributed by atoms with Crippen LogP contribution in [0.25, 0.3) is 0 Å². The Kier molecular flexibility index (Phi) is 4.20. The van der Waals surface area contributed by atoms with Crippen molar-refractivity contribution in [2.24, 2.45) is 17.6 Å². The fourth-order valence-electron chi connectivity index (χ4n) is 2.55. The molecule has 1 aliphatic heterocycles. The van der Waals surface area contributed by atoms with E-state index in [1.807, 2.05) is 0 Å². The number of piperidine rings is 1. The smallest absolute Gasteiger partial charge is 0.253 e. The topological polar surface area (TPSA) is 46.3 Å². The van der Waals surface area contributed by atoms with Gasteiger partial charge in [-0.1, -0.05) is 13.0 Å². The van der Waals surface area contributed by atoms with E-state index in [1.165, 1.54) is 6.07 Å². The third kappa shape index (κ3) is 2.95. The normalized spacial score (nSPS) is 23.5. The lowest BCUT2D eigenvalue weighted by molar-refractivity contribution is 0.0618. The number of halogens is 1. The molecular formula is C15H21FN2O. The minimum atomic E-state index is -0.327. The number of rotatable bonds is 2. The lowest BCUT2D eigenvalue weighted by atomic mass is 9.87. The average Bonchev–Trinajstić information content (AvgIpc) is 2.41. The maximum absolute atomic E-state index is 13.5. The summed E-state index contributed by atoms with van der Waals surface area (Å²) < 4.78 is 13.5. The molecule has 1 aromatic carbocycles. The zero-order chi connectivity index (χ0) is 14.0. The highest BCUT2D eigenvalue weighted by Gasteiger charge is 2.28. The van der Waals surface area contributed by atoms with Gasteiger partial charge in [-0.25, -0.2) is 4.39 Å². The summed E-state index contributed by atoms with van der Waals surface area (Å²) >= 11 is 0. The second kappa shape index (κ2) is 5.70. The second-order valence-corrected chi connectivity index (χ2v) is 5.48. The Balaban J connectivity index is 2.13. The molecule has 104 valence electrons. The molecular weight excluding hydrogens is 243 g/mol. The van der Waals surface area contributed by atoms with Crippen LogP contribution in [0, 0.1) is 24.6 Å². The van der Waals surface area contributed by atoms with Crippen molar-refractivity contribution in [1.29, 1.82) is 0 Å². The molecule has 1 aliphatic rings. The van der Waals surface area contributed by atoms with Gasteiger partial charge in [-0.05, 0) is 49.4 Å². The zero-order valence-electron chi connectivity index (χ0n) is 11.5. The highest BCUT2D eigenvalue weighted by Crippen LogP contribution is 2.23. The van der Waals surface area contributed by atoms with Crippen molar-refractivity contribution in [2.45, 2.75) is 20.3 Å². The van der Waals surface area contributed by atoms with Crippen molar-refractivity contribution in [1.82, 2.24) is 4.90 Å². The van der Waals surface area contributed by atoms with Crippen molar-refractivity contribution in [3.63, 3.8) is 0 Å². The molecule has 1 fully saturated rings. The third-order valence-electron chi connectivity index (χ3n) is 4.12. The van der Waals surface area contributed by atoms with Crippen molar-refractivity contribution >= 4 is 5.91 Å². The van der Waals surface area contributed by atoms with Gasteiger partial charge in [-0.15, -0.1) is 0 Å².